The monoisotopic (exact) mass is 407 g/mol. The van der Waals surface area contributed by atoms with Crippen LogP contribution in [0.5, 0.6) is 0 Å². The number of nitrogens with one attached hydrogen (secondary N) is 2. The predicted octanol–water partition coefficient (Wildman–Crippen LogP) is 2.53. The summed E-state index contributed by atoms with van der Waals surface area (Å²) in [6.07, 6.45) is -1.14. The third kappa shape index (κ3) is 4.01. The van der Waals surface area contributed by atoms with E-state index in [4.69, 9.17) is 4.74 Å². The molecule has 1 saturated heterocycles. The summed E-state index contributed by atoms with van der Waals surface area (Å²) in [7, 11) is 0. The molecule has 1 atom stereocenters. The molecule has 2 aromatic heterocycles. The zero-order chi connectivity index (χ0) is 19.6. The van der Waals surface area contributed by atoms with E-state index >= 15 is 0 Å². The molecule has 27 heavy (non-hydrogen) atoms. The second-order valence-corrected chi connectivity index (χ2v) is 7.61. The standard InChI is InChI=1S/C17H17N3O5S2/c1-9(15(22)20-6-5-18-17(20)24)25-16(23)13-11(12-4-3-7-26-12)8-27-14(13)19-10(2)21/h3-4,7-9H,5-6H2,1-2H3,(H,18,24)(H,19,21)/t9-/m0/s1. The molecule has 2 N–H and O–H groups in total. The lowest BCUT2D eigenvalue weighted by Crippen LogP contribution is -2.41. The van der Waals surface area contributed by atoms with Crippen molar-refractivity contribution in [2.75, 3.05) is 18.4 Å². The zero-order valence-electron chi connectivity index (χ0n) is 14.6. The third-order valence-corrected chi connectivity index (χ3v) is 5.62. The highest BCUT2D eigenvalue weighted by Crippen LogP contribution is 2.38. The summed E-state index contributed by atoms with van der Waals surface area (Å²) >= 11 is 2.65. The number of ether oxygens (including phenoxy) is 1. The average Bonchev–Trinajstić information content (AvgIpc) is 3.33. The molecule has 0 radical (unpaired) electrons. The largest absolute Gasteiger partial charge is 0.449 e. The van der Waals surface area contributed by atoms with Crippen LogP contribution in [0.25, 0.3) is 10.4 Å². The maximum Gasteiger partial charge on any atom is 0.342 e. The minimum Gasteiger partial charge on any atom is -0.449 e. The van der Waals surface area contributed by atoms with E-state index in [0.717, 1.165) is 9.78 Å². The summed E-state index contributed by atoms with van der Waals surface area (Å²) in [5.74, 6) is -1.64. The highest BCUT2D eigenvalue weighted by molar-refractivity contribution is 7.17. The molecule has 2 aromatic rings. The molecule has 3 heterocycles. The van der Waals surface area contributed by atoms with E-state index < -0.39 is 24.0 Å². The Bertz CT molecular complexity index is 891. The van der Waals surface area contributed by atoms with E-state index in [1.54, 1.807) is 5.38 Å². The van der Waals surface area contributed by atoms with Gasteiger partial charge in [-0.15, -0.1) is 22.7 Å². The van der Waals surface area contributed by atoms with E-state index in [0.29, 0.717) is 17.1 Å². The van der Waals surface area contributed by atoms with Gasteiger partial charge in [-0.1, -0.05) is 6.07 Å². The summed E-state index contributed by atoms with van der Waals surface area (Å²) in [5.41, 5.74) is 0.825. The van der Waals surface area contributed by atoms with Crippen LogP contribution >= 0.6 is 22.7 Å². The second kappa shape index (κ2) is 7.89. The smallest absolute Gasteiger partial charge is 0.342 e. The molecule has 0 spiro atoms. The molecule has 0 aliphatic carbocycles. The van der Waals surface area contributed by atoms with Gasteiger partial charge in [0.2, 0.25) is 5.91 Å². The van der Waals surface area contributed by atoms with Crippen molar-refractivity contribution >= 4 is 51.5 Å². The number of anilines is 1. The Morgan fingerprint density at radius 3 is 2.70 bits per heavy atom. The number of urea groups is 1. The van der Waals surface area contributed by atoms with Crippen LogP contribution in [0.3, 0.4) is 0 Å². The average molecular weight is 407 g/mol. The van der Waals surface area contributed by atoms with Crippen molar-refractivity contribution in [3.8, 4) is 10.4 Å². The quantitative estimate of drug-likeness (QED) is 0.741. The molecule has 1 aliphatic heterocycles. The zero-order valence-corrected chi connectivity index (χ0v) is 16.2. The van der Waals surface area contributed by atoms with Gasteiger partial charge in [0, 0.05) is 35.8 Å². The molecule has 0 saturated carbocycles. The predicted molar refractivity (Wildman–Crippen MR) is 102 cm³/mol. The number of imide groups is 1. The molecule has 0 bridgehead atoms. The van der Waals surface area contributed by atoms with E-state index in [-0.39, 0.29) is 18.0 Å². The maximum absolute atomic E-state index is 12.8. The van der Waals surface area contributed by atoms with Crippen molar-refractivity contribution in [1.82, 2.24) is 10.2 Å². The van der Waals surface area contributed by atoms with Crippen molar-refractivity contribution in [2.45, 2.75) is 20.0 Å². The summed E-state index contributed by atoms with van der Waals surface area (Å²) < 4.78 is 5.33. The fourth-order valence-corrected chi connectivity index (χ4v) is 4.41. The number of amides is 4. The number of thiophene rings is 2. The van der Waals surface area contributed by atoms with Crippen molar-refractivity contribution in [2.24, 2.45) is 0 Å². The Balaban J connectivity index is 1.84. The van der Waals surface area contributed by atoms with Gasteiger partial charge in [0.05, 0.1) is 0 Å². The van der Waals surface area contributed by atoms with Crippen molar-refractivity contribution in [3.63, 3.8) is 0 Å². The SMILES string of the molecule is CC(=O)Nc1scc(-c2cccs2)c1C(=O)O[C@@H](C)C(=O)N1CCNC1=O. The lowest BCUT2D eigenvalue weighted by Gasteiger charge is -2.18. The Hall–Kier alpha value is -2.72. The Labute approximate surface area is 163 Å². The summed E-state index contributed by atoms with van der Waals surface area (Å²) in [6, 6.07) is 3.20. The molecule has 1 aliphatic rings. The van der Waals surface area contributed by atoms with Gasteiger partial charge in [0.1, 0.15) is 10.6 Å². The van der Waals surface area contributed by atoms with Crippen LogP contribution in [0.1, 0.15) is 24.2 Å². The van der Waals surface area contributed by atoms with E-state index in [1.807, 2.05) is 17.5 Å². The molecular weight excluding hydrogens is 390 g/mol. The van der Waals surface area contributed by atoms with Crippen LogP contribution in [0, 0.1) is 0 Å². The Kier molecular flexibility index (Phi) is 5.57. The fourth-order valence-electron chi connectivity index (χ4n) is 2.60. The highest BCUT2D eigenvalue weighted by Gasteiger charge is 2.33. The van der Waals surface area contributed by atoms with Crippen LogP contribution in [0.4, 0.5) is 9.80 Å². The minimum absolute atomic E-state index is 0.197. The minimum atomic E-state index is -1.14. The van der Waals surface area contributed by atoms with Gasteiger partial charge >= 0.3 is 12.0 Å². The normalized spacial score (nSPS) is 14.6. The second-order valence-electron chi connectivity index (χ2n) is 5.78. The summed E-state index contributed by atoms with van der Waals surface area (Å²) in [4.78, 5) is 50.1. The summed E-state index contributed by atoms with van der Waals surface area (Å²) in [6.45, 7) is 3.36. The molecule has 1 fully saturated rings. The van der Waals surface area contributed by atoms with E-state index in [1.165, 1.54) is 36.5 Å². The van der Waals surface area contributed by atoms with Gasteiger partial charge in [0.25, 0.3) is 5.91 Å². The topological polar surface area (TPSA) is 105 Å². The summed E-state index contributed by atoms with van der Waals surface area (Å²) in [5, 5.41) is 9.14. The lowest BCUT2D eigenvalue weighted by atomic mass is 10.1. The molecule has 4 amide bonds. The third-order valence-electron chi connectivity index (χ3n) is 3.83. The highest BCUT2D eigenvalue weighted by atomic mass is 32.1. The first kappa shape index (κ1) is 19.1. The number of carbonyl (C=O) groups excluding carboxylic acids is 4. The molecular formula is C17H17N3O5S2. The van der Waals surface area contributed by atoms with Crippen LogP contribution in [-0.4, -0.2) is 47.9 Å². The maximum atomic E-state index is 12.8. The number of nitrogens with zero attached hydrogens (tertiary/aromatic N) is 1. The molecule has 142 valence electrons. The van der Waals surface area contributed by atoms with E-state index in [9.17, 15) is 19.2 Å². The fraction of sp³-hybridized carbons (Fsp3) is 0.294. The lowest BCUT2D eigenvalue weighted by molar-refractivity contribution is -0.136. The van der Waals surface area contributed by atoms with Crippen LogP contribution in [-0.2, 0) is 14.3 Å². The number of hydrogen-bond acceptors (Lipinski definition) is 7. The number of hydrogen-bond donors (Lipinski definition) is 2. The molecule has 0 unspecified atom stereocenters. The molecule has 3 rings (SSSR count). The van der Waals surface area contributed by atoms with Gasteiger partial charge in [-0.05, 0) is 18.4 Å². The number of esters is 1. The number of carbonyl (C=O) groups is 4. The first-order chi connectivity index (χ1) is 12.9. The first-order valence-corrected chi connectivity index (χ1v) is 9.87. The first-order valence-electron chi connectivity index (χ1n) is 8.11. The van der Waals surface area contributed by atoms with Crippen molar-refractivity contribution < 1.29 is 23.9 Å². The van der Waals surface area contributed by atoms with Gasteiger partial charge in [-0.25, -0.2) is 9.59 Å². The Morgan fingerprint density at radius 1 is 1.33 bits per heavy atom. The molecule has 10 heteroatoms. The van der Waals surface area contributed by atoms with Gasteiger partial charge < -0.3 is 15.4 Å². The van der Waals surface area contributed by atoms with Crippen molar-refractivity contribution in [1.29, 1.82) is 0 Å². The van der Waals surface area contributed by atoms with Crippen LogP contribution < -0.4 is 10.6 Å². The van der Waals surface area contributed by atoms with Gasteiger partial charge in [0.15, 0.2) is 6.10 Å². The van der Waals surface area contributed by atoms with Crippen LogP contribution in [0.2, 0.25) is 0 Å². The van der Waals surface area contributed by atoms with E-state index in [2.05, 4.69) is 10.6 Å². The van der Waals surface area contributed by atoms with Crippen molar-refractivity contribution in [3.05, 3.63) is 28.5 Å². The van der Waals surface area contributed by atoms with Gasteiger partial charge in [-0.2, -0.15) is 0 Å². The molecule has 8 nitrogen and oxygen atoms in total. The molecule has 0 aromatic carbocycles. The Morgan fingerprint density at radius 2 is 2.11 bits per heavy atom. The van der Waals surface area contributed by atoms with Crippen LogP contribution in [0.15, 0.2) is 22.9 Å². The van der Waals surface area contributed by atoms with Gasteiger partial charge in [-0.3, -0.25) is 14.5 Å². The number of rotatable bonds is 5.